The lowest BCUT2D eigenvalue weighted by molar-refractivity contribution is -0.0420. The highest BCUT2D eigenvalue weighted by atomic mass is 28.5. The molecule has 1 aliphatic rings. The summed E-state index contributed by atoms with van der Waals surface area (Å²) in [4.78, 5) is 2.53. The smallest absolute Gasteiger partial charge is 0.416 e. The molecule has 1 saturated heterocycles. The molecule has 0 saturated carbocycles. The molecule has 2 aromatic rings. The van der Waals surface area contributed by atoms with Crippen molar-refractivity contribution >= 4 is 40.3 Å². The van der Waals surface area contributed by atoms with Crippen molar-refractivity contribution in [2.75, 3.05) is 20.2 Å². The van der Waals surface area contributed by atoms with Crippen LogP contribution in [0.2, 0.25) is 6.04 Å². The average Bonchev–Trinajstić information content (AvgIpc) is 3.28. The zero-order chi connectivity index (χ0) is 21.5. The SMILES string of the molecule is COC(c1ccccc1)(c1ccccc1)[C@@H]1CCCN1CCC[Si](O[Si])(O[Si])O[Si]. The number of hydrogen-bond donors (Lipinski definition) is 0. The van der Waals surface area contributed by atoms with Crippen molar-refractivity contribution in [3.8, 4) is 0 Å². The number of likely N-dealkylation sites (tertiary alicyclic amines) is 1. The minimum Gasteiger partial charge on any atom is -0.416 e. The summed E-state index contributed by atoms with van der Waals surface area (Å²) in [5.74, 6) is 0. The van der Waals surface area contributed by atoms with Crippen LogP contribution in [0, 0.1) is 0 Å². The molecule has 9 radical (unpaired) electrons. The predicted molar refractivity (Wildman–Crippen MR) is 121 cm³/mol. The molecule has 0 aromatic heterocycles. The minimum atomic E-state index is -2.81. The van der Waals surface area contributed by atoms with E-state index in [1.54, 1.807) is 0 Å². The largest absolute Gasteiger partial charge is 0.468 e. The first-order chi connectivity index (χ1) is 14.7. The Kier molecular flexibility index (Phi) is 8.80. The number of hydrogen-bond acceptors (Lipinski definition) is 5. The van der Waals surface area contributed by atoms with Gasteiger partial charge in [0.25, 0.3) is 0 Å². The van der Waals surface area contributed by atoms with Gasteiger partial charge in [0.05, 0.1) is 0 Å². The number of rotatable bonds is 11. The Balaban J connectivity index is 1.88. The van der Waals surface area contributed by atoms with Gasteiger partial charge in [-0.1, -0.05) is 60.7 Å². The third-order valence-electron chi connectivity index (χ3n) is 5.95. The second kappa shape index (κ2) is 11.1. The first kappa shape index (κ1) is 23.8. The fraction of sp³-hybridized carbons (Fsp3) is 0.429. The van der Waals surface area contributed by atoms with Gasteiger partial charge in [-0.05, 0) is 43.5 Å². The van der Waals surface area contributed by atoms with Crippen LogP contribution in [-0.2, 0) is 22.7 Å². The van der Waals surface area contributed by atoms with Gasteiger partial charge in [-0.3, -0.25) is 4.90 Å². The van der Waals surface area contributed by atoms with Gasteiger partial charge in [0.2, 0.25) is 31.5 Å². The van der Waals surface area contributed by atoms with E-state index < -0.39 is 14.4 Å². The summed E-state index contributed by atoms with van der Waals surface area (Å²) in [6.07, 6.45) is 3.07. The molecule has 0 amide bonds. The lowest BCUT2D eigenvalue weighted by Gasteiger charge is -2.43. The molecule has 9 heteroatoms. The third-order valence-corrected chi connectivity index (χ3v) is 10.7. The lowest BCUT2D eigenvalue weighted by Crippen LogP contribution is -2.50. The van der Waals surface area contributed by atoms with Crippen LogP contribution in [0.15, 0.2) is 60.7 Å². The fourth-order valence-electron chi connectivity index (χ4n) is 4.56. The Bertz CT molecular complexity index is 716. The van der Waals surface area contributed by atoms with E-state index in [0.29, 0.717) is 6.04 Å². The van der Waals surface area contributed by atoms with E-state index >= 15 is 0 Å². The zero-order valence-corrected chi connectivity index (χ0v) is 21.2. The summed E-state index contributed by atoms with van der Waals surface area (Å²) in [5, 5.41) is 0. The van der Waals surface area contributed by atoms with Gasteiger partial charge in [-0.15, -0.1) is 0 Å². The molecule has 0 unspecified atom stereocenters. The molecule has 3 rings (SSSR count). The Morgan fingerprint density at radius 3 is 1.93 bits per heavy atom. The molecule has 2 aromatic carbocycles. The van der Waals surface area contributed by atoms with E-state index in [-0.39, 0.29) is 6.04 Å². The molecule has 1 aliphatic heterocycles. The maximum absolute atomic E-state index is 6.40. The van der Waals surface area contributed by atoms with Gasteiger partial charge in [-0.25, -0.2) is 0 Å². The van der Waals surface area contributed by atoms with Crippen LogP contribution in [0.1, 0.15) is 30.4 Å². The van der Waals surface area contributed by atoms with Gasteiger partial charge in [-0.2, -0.15) is 0 Å². The van der Waals surface area contributed by atoms with Gasteiger partial charge < -0.3 is 17.1 Å². The highest BCUT2D eigenvalue weighted by Gasteiger charge is 2.47. The Labute approximate surface area is 191 Å². The van der Waals surface area contributed by atoms with Crippen molar-refractivity contribution in [2.24, 2.45) is 0 Å². The number of ether oxygens (including phenoxy) is 1. The summed E-state index contributed by atoms with van der Waals surface area (Å²) in [6.45, 7) is 1.92. The van der Waals surface area contributed by atoms with Crippen LogP contribution < -0.4 is 0 Å². The van der Waals surface area contributed by atoms with Crippen molar-refractivity contribution in [3.05, 3.63) is 71.8 Å². The molecule has 0 N–H and O–H groups in total. The molecule has 30 heavy (non-hydrogen) atoms. The summed E-state index contributed by atoms with van der Waals surface area (Å²) >= 11 is 0. The van der Waals surface area contributed by atoms with E-state index in [0.717, 1.165) is 32.4 Å². The molecular formula is C21H26NO4Si4. The average molecular weight is 469 g/mol. The molecule has 5 nitrogen and oxygen atoms in total. The van der Waals surface area contributed by atoms with Gasteiger partial charge in [0.15, 0.2) is 0 Å². The molecule has 155 valence electrons. The number of methoxy groups -OCH3 is 1. The van der Waals surface area contributed by atoms with Crippen LogP contribution in [0.25, 0.3) is 0 Å². The number of nitrogens with zero attached hydrogens (tertiary/aromatic N) is 1. The lowest BCUT2D eigenvalue weighted by atomic mass is 9.78. The quantitative estimate of drug-likeness (QED) is 0.474. The summed E-state index contributed by atoms with van der Waals surface area (Å²) < 4.78 is 22.3. The second-order valence-electron chi connectivity index (χ2n) is 7.46. The monoisotopic (exact) mass is 468 g/mol. The zero-order valence-electron chi connectivity index (χ0n) is 17.2. The van der Waals surface area contributed by atoms with Gasteiger partial charge >= 0.3 is 8.80 Å². The van der Waals surface area contributed by atoms with Crippen molar-refractivity contribution in [1.82, 2.24) is 4.90 Å². The normalized spacial score (nSPS) is 18.1. The molecule has 1 heterocycles. The minimum absolute atomic E-state index is 0.224. The maximum Gasteiger partial charge on any atom is 0.468 e. The Hall–Kier alpha value is -0.892. The fourth-order valence-corrected chi connectivity index (χ4v) is 8.00. The first-order valence-electron chi connectivity index (χ1n) is 10.1. The van der Waals surface area contributed by atoms with E-state index in [2.05, 4.69) is 84.9 Å². The van der Waals surface area contributed by atoms with E-state index in [9.17, 15) is 0 Å². The molecule has 0 bridgehead atoms. The second-order valence-corrected chi connectivity index (χ2v) is 11.8. The van der Waals surface area contributed by atoms with Crippen LogP contribution >= 0.6 is 0 Å². The van der Waals surface area contributed by atoms with Crippen LogP contribution in [0.4, 0.5) is 0 Å². The van der Waals surface area contributed by atoms with E-state index in [1.807, 2.05) is 19.2 Å². The third kappa shape index (κ3) is 4.79. The summed E-state index contributed by atoms with van der Waals surface area (Å²) in [7, 11) is 8.29. The summed E-state index contributed by atoms with van der Waals surface area (Å²) in [5.41, 5.74) is 1.82. The molecule has 0 aliphatic carbocycles. The van der Waals surface area contributed by atoms with E-state index in [4.69, 9.17) is 17.1 Å². The van der Waals surface area contributed by atoms with E-state index in [1.165, 1.54) is 11.1 Å². The molecular weight excluding hydrogens is 443 g/mol. The van der Waals surface area contributed by atoms with Crippen molar-refractivity contribution < 1.29 is 17.1 Å². The maximum atomic E-state index is 6.40. The van der Waals surface area contributed by atoms with Crippen molar-refractivity contribution in [3.63, 3.8) is 0 Å². The molecule has 1 fully saturated rings. The van der Waals surface area contributed by atoms with Gasteiger partial charge in [0.1, 0.15) is 5.60 Å². The standard InChI is InChI=1S/C21H26NO4Si4/c1-23-21(18-10-4-2-5-11-18,19-12-6-3-7-13-19)20-14-8-15-22(20)16-9-17-30(24-27,25-28)26-29/h2-7,10-13,20H,8-9,14-17H2,1H3/t20-/m0/s1. The summed E-state index contributed by atoms with van der Waals surface area (Å²) in [6, 6.07) is 22.0. The van der Waals surface area contributed by atoms with Crippen molar-refractivity contribution in [1.29, 1.82) is 0 Å². The predicted octanol–water partition coefficient (Wildman–Crippen LogP) is 2.67. The topological polar surface area (TPSA) is 40.2 Å². The molecule has 1 atom stereocenters. The van der Waals surface area contributed by atoms with Crippen LogP contribution in [0.3, 0.4) is 0 Å². The van der Waals surface area contributed by atoms with Crippen LogP contribution in [0.5, 0.6) is 0 Å². The highest BCUT2D eigenvalue weighted by molar-refractivity contribution is 6.69. The van der Waals surface area contributed by atoms with Crippen LogP contribution in [-0.4, -0.2) is 71.4 Å². The first-order valence-corrected chi connectivity index (χ1v) is 13.3. The Morgan fingerprint density at radius 2 is 1.47 bits per heavy atom. The highest BCUT2D eigenvalue weighted by Crippen LogP contribution is 2.43. The Morgan fingerprint density at radius 1 is 0.933 bits per heavy atom. The number of benzene rings is 2. The van der Waals surface area contributed by atoms with Crippen molar-refractivity contribution in [2.45, 2.75) is 36.9 Å². The molecule has 0 spiro atoms. The van der Waals surface area contributed by atoms with Gasteiger partial charge in [0, 0.05) is 19.2 Å².